The average molecular weight is 670 g/mol. The third-order valence-corrected chi connectivity index (χ3v) is 7.68. The van der Waals surface area contributed by atoms with Crippen molar-refractivity contribution in [1.82, 2.24) is 26.3 Å². The highest BCUT2D eigenvalue weighted by Crippen LogP contribution is 2.17. The maximum Gasteiger partial charge on any atom is 0.244 e. The van der Waals surface area contributed by atoms with Crippen LogP contribution in [0.1, 0.15) is 76.1 Å². The molecule has 4 amide bonds. The number of Topliss-reactive ketones (excluding diaryl/α,β-unsaturated/α-hetero) is 1. The molecular weight excluding hydrogens is 618 g/mol. The summed E-state index contributed by atoms with van der Waals surface area (Å²) in [6, 6.07) is 4.16. The van der Waals surface area contributed by atoms with Crippen LogP contribution in [0.4, 0.5) is 0 Å². The van der Waals surface area contributed by atoms with E-state index in [0.29, 0.717) is 5.56 Å². The van der Waals surface area contributed by atoms with Gasteiger partial charge in [-0.2, -0.15) is 0 Å². The Morgan fingerprint density at radius 3 is 2.35 bits per heavy atom. The highest BCUT2D eigenvalue weighted by atomic mass is 16.3. The number of amides is 4. The lowest BCUT2D eigenvalue weighted by atomic mass is 10.0. The second-order valence-corrected chi connectivity index (χ2v) is 12.0. The molecule has 0 aliphatic carbocycles. The van der Waals surface area contributed by atoms with E-state index in [1.165, 1.54) is 12.5 Å². The molecule has 0 fully saturated rings. The molecule has 1 aromatic carbocycles. The lowest BCUT2D eigenvalue weighted by Gasteiger charge is -2.26. The first-order chi connectivity index (χ1) is 23.0. The van der Waals surface area contributed by atoms with Crippen LogP contribution in [0.5, 0.6) is 0 Å². The van der Waals surface area contributed by atoms with Crippen LogP contribution >= 0.6 is 0 Å². The summed E-state index contributed by atoms with van der Waals surface area (Å²) in [6.45, 7) is 4.12. The Morgan fingerprint density at radius 2 is 1.67 bits per heavy atom. The molecule has 0 saturated carbocycles. The van der Waals surface area contributed by atoms with Crippen LogP contribution in [-0.4, -0.2) is 93.7 Å². The normalized spacial score (nSPS) is 14.1. The van der Waals surface area contributed by atoms with Crippen molar-refractivity contribution in [1.29, 1.82) is 0 Å². The number of carbonyl (C=O) groups excluding carboxylic acids is 5. The number of para-hydroxylation sites is 1. The number of ketones is 1. The van der Waals surface area contributed by atoms with Crippen molar-refractivity contribution in [3.05, 3.63) is 60.3 Å². The molecule has 48 heavy (non-hydrogen) atoms. The quantitative estimate of drug-likeness (QED) is 0.0400. The van der Waals surface area contributed by atoms with Crippen molar-refractivity contribution >= 4 is 40.3 Å². The predicted molar refractivity (Wildman–Crippen MR) is 183 cm³/mol. The van der Waals surface area contributed by atoms with Gasteiger partial charge in [-0.3, -0.25) is 24.0 Å². The molecule has 1 heterocycles. The molecule has 13 heteroatoms. The van der Waals surface area contributed by atoms with Crippen molar-refractivity contribution in [2.75, 3.05) is 19.8 Å². The van der Waals surface area contributed by atoms with E-state index in [2.05, 4.69) is 33.2 Å². The van der Waals surface area contributed by atoms with Gasteiger partial charge in [0.05, 0.1) is 44.4 Å². The number of carbonyl (C=O) groups is 5. The first-order valence-electron chi connectivity index (χ1n) is 16.5. The highest BCUT2D eigenvalue weighted by Gasteiger charge is 2.28. The van der Waals surface area contributed by atoms with Gasteiger partial charge >= 0.3 is 0 Å². The van der Waals surface area contributed by atoms with Gasteiger partial charge in [-0.1, -0.05) is 76.5 Å². The SMILES string of the molecule is CCCCCCC=CCC(=O)N[C@@H](CO)[C@@H](O)CC(=O)N[C@H](C(=O)N[C@H](C=CC(=O)NCC(=O)c1c[nH]c2ccccc12)CO)C(C)C. The molecule has 2 rings (SSSR count). The van der Waals surface area contributed by atoms with Gasteiger partial charge in [-0.25, -0.2) is 0 Å². The Hall–Kier alpha value is -4.33. The summed E-state index contributed by atoms with van der Waals surface area (Å²) in [5, 5.41) is 40.9. The largest absolute Gasteiger partial charge is 0.394 e. The standard InChI is InChI=1S/C35H51N5O8/c1-4-5-6-7-8-9-10-15-32(46)39-28(22-42)29(43)18-33(47)40-34(23(2)3)35(48)38-24(21-41)16-17-31(45)37-20-30(44)26-19-36-27-14-12-11-13-25(26)27/h9-14,16-17,19,23-24,28-29,34,36,41-43H,4-8,15,18,20-22H2,1-3H3,(H,37,45)(H,38,48)(H,39,46)(H,40,47)/t24-,28+,29+,34+/m1/s1. The van der Waals surface area contributed by atoms with Gasteiger partial charge in [0.15, 0.2) is 5.78 Å². The summed E-state index contributed by atoms with van der Waals surface area (Å²) < 4.78 is 0. The second-order valence-electron chi connectivity index (χ2n) is 12.0. The van der Waals surface area contributed by atoms with Crippen LogP contribution in [0.15, 0.2) is 54.8 Å². The summed E-state index contributed by atoms with van der Waals surface area (Å²) in [7, 11) is 0. The number of nitrogens with one attached hydrogen (secondary N) is 5. The Kier molecular flexibility index (Phi) is 17.9. The second kappa shape index (κ2) is 21.5. The number of fused-ring (bicyclic) bond motifs is 1. The van der Waals surface area contributed by atoms with Crippen LogP contribution in [0.2, 0.25) is 0 Å². The van der Waals surface area contributed by atoms with Gasteiger partial charge in [0, 0.05) is 35.2 Å². The van der Waals surface area contributed by atoms with Crippen molar-refractivity contribution in [3.63, 3.8) is 0 Å². The summed E-state index contributed by atoms with van der Waals surface area (Å²) in [5.41, 5.74) is 1.24. The van der Waals surface area contributed by atoms with Gasteiger partial charge in [-0.15, -0.1) is 0 Å². The number of benzene rings is 1. The summed E-state index contributed by atoms with van der Waals surface area (Å²) >= 11 is 0. The van der Waals surface area contributed by atoms with Crippen LogP contribution in [0.3, 0.4) is 0 Å². The molecule has 0 aliphatic heterocycles. The maximum absolute atomic E-state index is 13.0. The van der Waals surface area contributed by atoms with E-state index in [1.807, 2.05) is 24.3 Å². The Bertz CT molecular complexity index is 1400. The number of hydrogen-bond acceptors (Lipinski definition) is 8. The van der Waals surface area contributed by atoms with Gasteiger partial charge in [0.1, 0.15) is 6.04 Å². The number of hydrogen-bond donors (Lipinski definition) is 8. The highest BCUT2D eigenvalue weighted by molar-refractivity contribution is 6.09. The van der Waals surface area contributed by atoms with Gasteiger partial charge < -0.3 is 41.6 Å². The minimum atomic E-state index is -1.41. The molecule has 264 valence electrons. The van der Waals surface area contributed by atoms with Crippen LogP contribution in [-0.2, 0) is 19.2 Å². The van der Waals surface area contributed by atoms with E-state index in [4.69, 9.17) is 0 Å². The lowest BCUT2D eigenvalue weighted by molar-refractivity contribution is -0.132. The number of aromatic nitrogens is 1. The average Bonchev–Trinajstić information content (AvgIpc) is 3.50. The molecule has 8 N–H and O–H groups in total. The number of allylic oxidation sites excluding steroid dienone is 1. The zero-order valence-corrected chi connectivity index (χ0v) is 28.0. The summed E-state index contributed by atoms with van der Waals surface area (Å²) in [4.78, 5) is 66.0. The monoisotopic (exact) mass is 669 g/mol. The molecule has 0 spiro atoms. The first kappa shape index (κ1) is 39.8. The van der Waals surface area contributed by atoms with Gasteiger partial charge in [0.25, 0.3) is 0 Å². The molecule has 0 aliphatic rings. The zero-order valence-electron chi connectivity index (χ0n) is 28.0. The number of rotatable bonds is 22. The van der Waals surface area contributed by atoms with Crippen molar-refractivity contribution < 1.29 is 39.3 Å². The molecule has 4 atom stereocenters. The van der Waals surface area contributed by atoms with Crippen LogP contribution < -0.4 is 21.3 Å². The fourth-order valence-corrected chi connectivity index (χ4v) is 4.88. The molecular formula is C35H51N5O8. The van der Waals surface area contributed by atoms with Gasteiger partial charge in [0.2, 0.25) is 23.6 Å². The zero-order chi connectivity index (χ0) is 35.5. The number of H-pyrrole nitrogens is 1. The lowest BCUT2D eigenvalue weighted by Crippen LogP contribution is -2.54. The fraction of sp³-hybridized carbons (Fsp3) is 0.514. The number of aromatic amines is 1. The number of aliphatic hydroxyl groups is 3. The minimum absolute atomic E-state index is 0.0735. The number of unbranched alkanes of at least 4 members (excludes halogenated alkanes) is 4. The minimum Gasteiger partial charge on any atom is -0.394 e. The van der Waals surface area contributed by atoms with Crippen molar-refractivity contribution in [2.24, 2.45) is 5.92 Å². The van der Waals surface area contributed by atoms with Crippen molar-refractivity contribution in [3.8, 4) is 0 Å². The summed E-state index contributed by atoms with van der Waals surface area (Å²) in [5.74, 6) is -3.03. The number of aliphatic hydroxyl groups excluding tert-OH is 3. The Morgan fingerprint density at radius 1 is 0.917 bits per heavy atom. The first-order valence-corrected chi connectivity index (χ1v) is 16.5. The predicted octanol–water partition coefficient (Wildman–Crippen LogP) is 1.79. The molecule has 13 nitrogen and oxygen atoms in total. The third kappa shape index (κ3) is 13.8. The smallest absolute Gasteiger partial charge is 0.244 e. The third-order valence-electron chi connectivity index (χ3n) is 7.68. The Balaban J connectivity index is 1.84. The van der Waals surface area contributed by atoms with Crippen LogP contribution in [0, 0.1) is 5.92 Å². The molecule has 0 bridgehead atoms. The topological polar surface area (TPSA) is 210 Å². The van der Waals surface area contributed by atoms with Gasteiger partial charge in [-0.05, 0) is 24.8 Å². The van der Waals surface area contributed by atoms with E-state index < -0.39 is 73.4 Å². The van der Waals surface area contributed by atoms with E-state index in [0.717, 1.165) is 42.7 Å². The van der Waals surface area contributed by atoms with Crippen LogP contribution in [0.25, 0.3) is 10.9 Å². The molecule has 0 unspecified atom stereocenters. The van der Waals surface area contributed by atoms with E-state index in [9.17, 15) is 39.3 Å². The molecule has 1 aromatic heterocycles. The molecule has 0 saturated heterocycles. The van der Waals surface area contributed by atoms with E-state index >= 15 is 0 Å². The maximum atomic E-state index is 13.0. The summed E-state index contributed by atoms with van der Waals surface area (Å²) in [6.07, 6.45) is 11.1. The van der Waals surface area contributed by atoms with Crippen molar-refractivity contribution in [2.45, 2.75) is 89.9 Å². The molecule has 0 radical (unpaired) electrons. The Labute approximate surface area is 281 Å². The fourth-order valence-electron chi connectivity index (χ4n) is 4.88. The van der Waals surface area contributed by atoms with E-state index in [1.54, 1.807) is 32.2 Å². The van der Waals surface area contributed by atoms with E-state index in [-0.39, 0.29) is 18.7 Å². The molecule has 2 aromatic rings.